The Balaban J connectivity index is 1.63. The third-order valence-corrected chi connectivity index (χ3v) is 5.99. The minimum atomic E-state index is -0.337. The van der Waals surface area contributed by atoms with Crippen LogP contribution < -0.4 is 0 Å². The van der Waals surface area contributed by atoms with Crippen LogP contribution in [0.4, 0.5) is 0 Å². The molecule has 0 bridgehead atoms. The van der Waals surface area contributed by atoms with Gasteiger partial charge in [-0.15, -0.1) is 0 Å². The quantitative estimate of drug-likeness (QED) is 0.505. The number of rotatable bonds is 6. The highest BCUT2D eigenvalue weighted by Gasteiger charge is 2.39. The molecule has 0 atom stereocenters. The molecule has 0 radical (unpaired) electrons. The molecule has 0 unspecified atom stereocenters. The van der Waals surface area contributed by atoms with E-state index in [-0.39, 0.29) is 35.1 Å². The molecule has 3 nitrogen and oxygen atoms in total. The van der Waals surface area contributed by atoms with Crippen LogP contribution in [0.15, 0.2) is 91.0 Å². The molecule has 1 saturated carbocycles. The van der Waals surface area contributed by atoms with Gasteiger partial charge in [0.15, 0.2) is 17.3 Å². The zero-order valence-electron chi connectivity index (χ0n) is 16.7. The highest BCUT2D eigenvalue weighted by Crippen LogP contribution is 2.38. The fourth-order valence-electron chi connectivity index (χ4n) is 4.48. The van der Waals surface area contributed by atoms with Gasteiger partial charge in [0.25, 0.3) is 0 Å². The summed E-state index contributed by atoms with van der Waals surface area (Å²) in [6.45, 7) is 0. The van der Waals surface area contributed by atoms with Crippen LogP contribution in [0.1, 0.15) is 50.3 Å². The molecule has 1 aliphatic carbocycles. The van der Waals surface area contributed by atoms with Crippen molar-refractivity contribution < 1.29 is 14.4 Å². The lowest BCUT2D eigenvalue weighted by Crippen LogP contribution is -2.35. The summed E-state index contributed by atoms with van der Waals surface area (Å²) in [5.41, 5.74) is 1.92. The lowest BCUT2D eigenvalue weighted by Gasteiger charge is -2.33. The molecular weight excluding hydrogens is 372 g/mol. The van der Waals surface area contributed by atoms with Crippen LogP contribution in [0.25, 0.3) is 0 Å². The Morgan fingerprint density at radius 2 is 0.667 bits per heavy atom. The van der Waals surface area contributed by atoms with Crippen molar-refractivity contribution in [3.05, 3.63) is 108 Å². The van der Waals surface area contributed by atoms with Gasteiger partial charge in [0, 0.05) is 34.4 Å². The molecule has 3 aromatic rings. The molecule has 150 valence electrons. The molecule has 3 aromatic carbocycles. The van der Waals surface area contributed by atoms with Gasteiger partial charge >= 0.3 is 0 Å². The molecule has 0 N–H and O–H groups in total. The van der Waals surface area contributed by atoms with Gasteiger partial charge in [-0.05, 0) is 19.3 Å². The van der Waals surface area contributed by atoms with Crippen molar-refractivity contribution in [2.24, 2.45) is 17.8 Å². The maximum atomic E-state index is 13.2. The van der Waals surface area contributed by atoms with E-state index in [1.807, 2.05) is 54.6 Å². The molecule has 30 heavy (non-hydrogen) atoms. The van der Waals surface area contributed by atoms with E-state index < -0.39 is 0 Å². The summed E-state index contributed by atoms with van der Waals surface area (Å²) in [6.07, 6.45) is 1.46. The van der Waals surface area contributed by atoms with Gasteiger partial charge in [0.05, 0.1) is 0 Å². The molecular formula is C27H24O3. The Kier molecular flexibility index (Phi) is 5.99. The fourth-order valence-corrected chi connectivity index (χ4v) is 4.48. The highest BCUT2D eigenvalue weighted by molar-refractivity contribution is 6.03. The Morgan fingerprint density at radius 1 is 0.433 bits per heavy atom. The van der Waals surface area contributed by atoms with Crippen LogP contribution in [0.2, 0.25) is 0 Å². The molecule has 0 aliphatic heterocycles. The highest BCUT2D eigenvalue weighted by atomic mass is 16.1. The van der Waals surface area contributed by atoms with Gasteiger partial charge in [-0.2, -0.15) is 0 Å². The van der Waals surface area contributed by atoms with Crippen LogP contribution in [0.3, 0.4) is 0 Å². The van der Waals surface area contributed by atoms with E-state index in [2.05, 4.69) is 0 Å². The average Bonchev–Trinajstić information content (AvgIpc) is 2.84. The number of ketones is 3. The van der Waals surface area contributed by atoms with Crippen LogP contribution in [0, 0.1) is 17.8 Å². The van der Waals surface area contributed by atoms with Crippen molar-refractivity contribution in [1.82, 2.24) is 0 Å². The smallest absolute Gasteiger partial charge is 0.165 e. The number of carbonyl (C=O) groups excluding carboxylic acids is 3. The van der Waals surface area contributed by atoms with Gasteiger partial charge in [-0.3, -0.25) is 14.4 Å². The van der Waals surface area contributed by atoms with Crippen molar-refractivity contribution in [3.8, 4) is 0 Å². The van der Waals surface area contributed by atoms with E-state index >= 15 is 0 Å². The summed E-state index contributed by atoms with van der Waals surface area (Å²) in [6, 6.07) is 27.5. The molecule has 3 heteroatoms. The minimum absolute atomic E-state index is 0.0204. The normalized spacial score (nSPS) is 21.0. The number of Topliss-reactive ketones (excluding diaryl/α,β-unsaturated/α-hetero) is 3. The standard InChI is InChI=1S/C27H24O3/c28-25(19-10-4-1-5-11-19)22-16-23(26(29)20-12-6-2-7-13-20)18-24(17-22)27(30)21-14-8-3-9-15-21/h1-15,22-24H,16-18H2. The SMILES string of the molecule is O=C(c1ccccc1)C1CC(C(=O)c2ccccc2)CC(C(=O)c2ccccc2)C1. The maximum absolute atomic E-state index is 13.2. The third-order valence-electron chi connectivity index (χ3n) is 5.99. The summed E-state index contributed by atoms with van der Waals surface area (Å²) in [7, 11) is 0. The van der Waals surface area contributed by atoms with Crippen LogP contribution >= 0.6 is 0 Å². The second-order valence-corrected chi connectivity index (χ2v) is 7.99. The first-order valence-corrected chi connectivity index (χ1v) is 10.4. The second-order valence-electron chi connectivity index (χ2n) is 7.99. The first-order chi connectivity index (χ1) is 14.6. The molecule has 0 spiro atoms. The Bertz CT molecular complexity index is 883. The predicted octanol–water partition coefficient (Wildman–Crippen LogP) is 5.67. The summed E-state index contributed by atoms with van der Waals surface area (Å²) < 4.78 is 0. The zero-order chi connectivity index (χ0) is 20.9. The van der Waals surface area contributed by atoms with Crippen LogP contribution in [0.5, 0.6) is 0 Å². The van der Waals surface area contributed by atoms with E-state index in [0.717, 1.165) is 0 Å². The number of hydrogen-bond acceptors (Lipinski definition) is 3. The van der Waals surface area contributed by atoms with E-state index in [1.54, 1.807) is 36.4 Å². The maximum Gasteiger partial charge on any atom is 0.165 e. The Hall–Kier alpha value is -3.33. The monoisotopic (exact) mass is 396 g/mol. The predicted molar refractivity (Wildman–Crippen MR) is 117 cm³/mol. The van der Waals surface area contributed by atoms with Crippen molar-refractivity contribution in [2.45, 2.75) is 19.3 Å². The first-order valence-electron chi connectivity index (χ1n) is 10.4. The summed E-state index contributed by atoms with van der Waals surface area (Å²) in [5.74, 6) is -0.949. The van der Waals surface area contributed by atoms with Crippen LogP contribution in [-0.2, 0) is 0 Å². The van der Waals surface area contributed by atoms with Crippen molar-refractivity contribution >= 4 is 17.3 Å². The average molecular weight is 396 g/mol. The van der Waals surface area contributed by atoms with E-state index in [1.165, 1.54) is 0 Å². The van der Waals surface area contributed by atoms with E-state index in [4.69, 9.17) is 0 Å². The summed E-state index contributed by atoms with van der Waals surface area (Å²) in [4.78, 5) is 39.6. The molecule has 0 aromatic heterocycles. The number of benzene rings is 3. The third kappa shape index (κ3) is 4.30. The van der Waals surface area contributed by atoms with Gasteiger partial charge in [-0.25, -0.2) is 0 Å². The lowest BCUT2D eigenvalue weighted by molar-refractivity contribution is 0.0682. The van der Waals surface area contributed by atoms with Gasteiger partial charge < -0.3 is 0 Å². The minimum Gasteiger partial charge on any atom is -0.294 e. The molecule has 1 fully saturated rings. The van der Waals surface area contributed by atoms with Crippen molar-refractivity contribution in [2.75, 3.05) is 0 Å². The molecule has 0 saturated heterocycles. The molecule has 4 rings (SSSR count). The second kappa shape index (κ2) is 9.00. The lowest BCUT2D eigenvalue weighted by atomic mass is 9.68. The Labute approximate surface area is 176 Å². The largest absolute Gasteiger partial charge is 0.294 e. The number of hydrogen-bond donors (Lipinski definition) is 0. The first kappa shape index (κ1) is 20.0. The van der Waals surface area contributed by atoms with E-state index in [0.29, 0.717) is 36.0 Å². The van der Waals surface area contributed by atoms with Gasteiger partial charge in [0.1, 0.15) is 0 Å². The number of carbonyl (C=O) groups is 3. The Morgan fingerprint density at radius 3 is 0.900 bits per heavy atom. The van der Waals surface area contributed by atoms with Crippen molar-refractivity contribution in [3.63, 3.8) is 0 Å². The van der Waals surface area contributed by atoms with E-state index in [9.17, 15) is 14.4 Å². The zero-order valence-corrected chi connectivity index (χ0v) is 16.7. The fraction of sp³-hybridized carbons (Fsp3) is 0.222. The van der Waals surface area contributed by atoms with Gasteiger partial charge in [0.2, 0.25) is 0 Å². The van der Waals surface area contributed by atoms with Crippen molar-refractivity contribution in [1.29, 1.82) is 0 Å². The van der Waals surface area contributed by atoms with Crippen LogP contribution in [-0.4, -0.2) is 17.3 Å². The molecule has 0 amide bonds. The summed E-state index contributed by atoms with van der Waals surface area (Å²) >= 11 is 0. The molecule has 1 aliphatic rings. The summed E-state index contributed by atoms with van der Waals surface area (Å²) in [5, 5.41) is 0. The topological polar surface area (TPSA) is 51.2 Å². The molecule has 0 heterocycles. The van der Waals surface area contributed by atoms with Gasteiger partial charge in [-0.1, -0.05) is 91.0 Å².